The highest BCUT2D eigenvalue weighted by atomic mass is 79.9. The van der Waals surface area contributed by atoms with Crippen LogP contribution in [-0.4, -0.2) is 19.8 Å². The van der Waals surface area contributed by atoms with Crippen LogP contribution in [0.25, 0.3) is 5.52 Å². The molecule has 0 unspecified atom stereocenters. The molecule has 2 heterocycles. The largest absolute Gasteiger partial charge is 0.382 e. The van der Waals surface area contributed by atoms with Gasteiger partial charge in [-0.1, -0.05) is 0 Å². The van der Waals surface area contributed by atoms with E-state index >= 15 is 0 Å². The van der Waals surface area contributed by atoms with Gasteiger partial charge in [0.2, 0.25) is 5.95 Å². The number of nitrogen functional groups attached to an aromatic ring is 1. The van der Waals surface area contributed by atoms with Gasteiger partial charge in [0, 0.05) is 0 Å². The molecular weight excluding hydrogens is 229 g/mol. The van der Waals surface area contributed by atoms with E-state index in [1.54, 1.807) is 0 Å². The number of aromatic nitrogens is 4. The fourth-order valence-corrected chi connectivity index (χ4v) is 1.30. The monoisotopic (exact) mass is 231 g/mol. The first-order chi connectivity index (χ1) is 5.70. The molecule has 0 radical (unpaired) electrons. The van der Waals surface area contributed by atoms with Gasteiger partial charge >= 0.3 is 0 Å². The van der Waals surface area contributed by atoms with Crippen LogP contribution in [0.3, 0.4) is 0 Å². The zero-order valence-corrected chi connectivity index (χ0v) is 7.29. The second kappa shape index (κ2) is 2.37. The van der Waals surface area contributed by atoms with Crippen molar-refractivity contribution >= 4 is 27.3 Å². The Morgan fingerprint density at radius 2 is 2.33 bits per heavy atom. The summed E-state index contributed by atoms with van der Waals surface area (Å²) in [5.74, 6) is -0.463. The molecule has 0 saturated heterocycles. The number of nitrogens with two attached hydrogens (primary N) is 1. The first-order valence-electron chi connectivity index (χ1n) is 3.00. The lowest BCUT2D eigenvalue weighted by Gasteiger charge is -1.93. The predicted molar refractivity (Wildman–Crippen MR) is 42.9 cm³/mol. The van der Waals surface area contributed by atoms with Gasteiger partial charge in [-0.3, -0.25) is 0 Å². The molecular formula is C5H3BrFN5. The van der Waals surface area contributed by atoms with Crippen molar-refractivity contribution in [2.75, 3.05) is 5.73 Å². The maximum atomic E-state index is 12.8. The van der Waals surface area contributed by atoms with E-state index in [2.05, 4.69) is 31.1 Å². The lowest BCUT2D eigenvalue weighted by molar-refractivity contribution is 0.554. The van der Waals surface area contributed by atoms with E-state index in [4.69, 9.17) is 5.73 Å². The van der Waals surface area contributed by atoms with E-state index < -0.39 is 5.95 Å². The van der Waals surface area contributed by atoms with Crippen LogP contribution in [-0.2, 0) is 0 Å². The molecule has 2 rings (SSSR count). The lowest BCUT2D eigenvalue weighted by atomic mass is 10.5. The molecule has 2 N–H and O–H groups in total. The molecule has 7 heteroatoms. The summed E-state index contributed by atoms with van der Waals surface area (Å²) in [6, 6.07) is 0. The SMILES string of the molecule is Nc1ncnn2nc(F)c(Br)c12. The van der Waals surface area contributed by atoms with Crippen LogP contribution in [0.5, 0.6) is 0 Å². The van der Waals surface area contributed by atoms with Crippen molar-refractivity contribution in [3.8, 4) is 0 Å². The zero-order valence-electron chi connectivity index (χ0n) is 5.70. The maximum absolute atomic E-state index is 12.8. The Hall–Kier alpha value is -1.24. The third-order valence-electron chi connectivity index (χ3n) is 1.37. The molecule has 62 valence electrons. The summed E-state index contributed by atoms with van der Waals surface area (Å²) in [5.41, 5.74) is 5.80. The first kappa shape index (κ1) is 7.41. The second-order valence-corrected chi connectivity index (χ2v) is 2.88. The van der Waals surface area contributed by atoms with Crippen molar-refractivity contribution < 1.29 is 4.39 Å². The number of nitrogens with zero attached hydrogens (tertiary/aromatic N) is 4. The third kappa shape index (κ3) is 0.860. The van der Waals surface area contributed by atoms with Gasteiger partial charge in [0.1, 0.15) is 16.3 Å². The van der Waals surface area contributed by atoms with Crippen LogP contribution in [0.2, 0.25) is 0 Å². The summed E-state index contributed by atoms with van der Waals surface area (Å²) in [7, 11) is 0. The second-order valence-electron chi connectivity index (χ2n) is 2.09. The van der Waals surface area contributed by atoms with Crippen LogP contribution in [0.4, 0.5) is 10.2 Å². The molecule has 0 aliphatic rings. The minimum atomic E-state index is -0.651. The quantitative estimate of drug-likeness (QED) is 0.722. The van der Waals surface area contributed by atoms with Gasteiger partial charge in [-0.2, -0.15) is 4.39 Å². The third-order valence-corrected chi connectivity index (χ3v) is 2.07. The predicted octanol–water partition coefficient (Wildman–Crippen LogP) is 0.608. The zero-order chi connectivity index (χ0) is 8.72. The summed E-state index contributed by atoms with van der Waals surface area (Å²) >= 11 is 2.98. The van der Waals surface area contributed by atoms with Crippen LogP contribution in [0, 0.1) is 5.95 Å². The molecule has 0 spiro atoms. The minimum Gasteiger partial charge on any atom is -0.382 e. The molecule has 0 fully saturated rings. The van der Waals surface area contributed by atoms with Crippen molar-refractivity contribution in [1.82, 2.24) is 19.8 Å². The molecule has 0 aliphatic heterocycles. The van der Waals surface area contributed by atoms with E-state index in [0.29, 0.717) is 5.52 Å². The van der Waals surface area contributed by atoms with E-state index in [1.165, 1.54) is 6.33 Å². The molecule has 2 aromatic rings. The van der Waals surface area contributed by atoms with Gasteiger partial charge in [0.15, 0.2) is 5.82 Å². The van der Waals surface area contributed by atoms with Crippen LogP contribution in [0.15, 0.2) is 10.8 Å². The number of hydrogen-bond donors (Lipinski definition) is 1. The number of rotatable bonds is 0. The average molecular weight is 232 g/mol. The Balaban J connectivity index is 2.97. The molecule has 5 nitrogen and oxygen atoms in total. The molecule has 0 aliphatic carbocycles. The fourth-order valence-electron chi connectivity index (χ4n) is 0.859. The van der Waals surface area contributed by atoms with Gasteiger partial charge in [0.25, 0.3) is 0 Å². The maximum Gasteiger partial charge on any atom is 0.249 e. The highest BCUT2D eigenvalue weighted by molar-refractivity contribution is 9.10. The minimum absolute atomic E-state index is 0.181. The van der Waals surface area contributed by atoms with E-state index in [0.717, 1.165) is 4.63 Å². The van der Waals surface area contributed by atoms with Crippen molar-refractivity contribution in [3.63, 3.8) is 0 Å². The number of anilines is 1. The van der Waals surface area contributed by atoms with Crippen molar-refractivity contribution in [3.05, 3.63) is 16.7 Å². The number of fused-ring (bicyclic) bond motifs is 1. The summed E-state index contributed by atoms with van der Waals surface area (Å²) in [6.07, 6.45) is 1.21. The summed E-state index contributed by atoms with van der Waals surface area (Å²) in [6.45, 7) is 0. The van der Waals surface area contributed by atoms with Crippen LogP contribution < -0.4 is 5.73 Å². The fraction of sp³-hybridized carbons (Fsp3) is 0. The lowest BCUT2D eigenvalue weighted by Crippen LogP contribution is -1.99. The normalized spacial score (nSPS) is 10.8. The summed E-state index contributed by atoms with van der Waals surface area (Å²) in [4.78, 5) is 3.69. The highest BCUT2D eigenvalue weighted by Gasteiger charge is 2.12. The molecule has 0 aromatic carbocycles. The Labute approximate surface area is 74.5 Å². The van der Waals surface area contributed by atoms with E-state index in [9.17, 15) is 4.39 Å². The Morgan fingerprint density at radius 1 is 1.58 bits per heavy atom. The van der Waals surface area contributed by atoms with Crippen molar-refractivity contribution in [2.45, 2.75) is 0 Å². The average Bonchev–Trinajstić information content (AvgIpc) is 2.29. The van der Waals surface area contributed by atoms with Gasteiger partial charge < -0.3 is 5.73 Å². The van der Waals surface area contributed by atoms with Crippen LogP contribution >= 0.6 is 15.9 Å². The molecule has 0 saturated carbocycles. The molecule has 0 atom stereocenters. The summed E-state index contributed by atoms with van der Waals surface area (Å²) in [5, 5.41) is 7.11. The molecule has 0 amide bonds. The van der Waals surface area contributed by atoms with Gasteiger partial charge in [-0.25, -0.2) is 4.98 Å². The van der Waals surface area contributed by atoms with Gasteiger partial charge in [-0.15, -0.1) is 14.8 Å². The topological polar surface area (TPSA) is 69.1 Å². The van der Waals surface area contributed by atoms with Gasteiger partial charge in [-0.05, 0) is 15.9 Å². The van der Waals surface area contributed by atoms with Gasteiger partial charge in [0.05, 0.1) is 0 Å². The molecule has 12 heavy (non-hydrogen) atoms. The van der Waals surface area contributed by atoms with Crippen molar-refractivity contribution in [1.29, 1.82) is 0 Å². The summed E-state index contributed by atoms with van der Waals surface area (Å²) < 4.78 is 14.1. The standard InChI is InChI=1S/C5H3BrFN5/c6-2-3-5(8)9-1-10-12(3)11-4(2)7/h1H,(H2,8,9,10). The first-order valence-corrected chi connectivity index (χ1v) is 3.80. The highest BCUT2D eigenvalue weighted by Crippen LogP contribution is 2.23. The Morgan fingerprint density at radius 3 is 3.00 bits per heavy atom. The Kier molecular flexibility index (Phi) is 1.47. The number of halogens is 2. The smallest absolute Gasteiger partial charge is 0.249 e. The van der Waals surface area contributed by atoms with E-state index in [-0.39, 0.29) is 10.3 Å². The van der Waals surface area contributed by atoms with Crippen molar-refractivity contribution in [2.24, 2.45) is 0 Å². The molecule has 2 aromatic heterocycles. The van der Waals surface area contributed by atoms with E-state index in [1.807, 2.05) is 0 Å². The number of hydrogen-bond acceptors (Lipinski definition) is 4. The Bertz CT molecular complexity index is 439. The van der Waals surface area contributed by atoms with Crippen LogP contribution in [0.1, 0.15) is 0 Å². The molecule has 0 bridgehead atoms.